The number of nitrogens with two attached hydrogens (primary N) is 1. The molecule has 0 aromatic rings. The lowest BCUT2D eigenvalue weighted by Gasteiger charge is -1.89. The Bertz CT molecular complexity index is 145. The maximum atomic E-state index is 8.06. The van der Waals surface area contributed by atoms with Crippen LogP contribution in [0.1, 0.15) is 0 Å². The first-order chi connectivity index (χ1) is 3.72. The highest BCUT2D eigenvalue weighted by atomic mass is 35.5. The average Bonchev–Trinajstić information content (AvgIpc) is 1.84. The van der Waals surface area contributed by atoms with Gasteiger partial charge in [0.15, 0.2) is 0 Å². The first-order valence-corrected chi connectivity index (χ1v) is 2.73. The molecule has 0 heterocycles. The molecule has 0 rings (SSSR count). The minimum absolute atomic E-state index is 0.0278. The van der Waals surface area contributed by atoms with Gasteiger partial charge in [0.05, 0.1) is 11.6 Å². The summed E-state index contributed by atoms with van der Waals surface area (Å²) in [4.78, 5) is 0. The minimum Gasteiger partial charge on any atom is -0.399 e. The van der Waals surface area contributed by atoms with E-state index in [0.717, 1.165) is 0 Å². The van der Waals surface area contributed by atoms with E-state index in [2.05, 4.69) is 0 Å². The second-order valence-corrected chi connectivity index (χ2v) is 1.73. The molecule has 0 spiro atoms. The van der Waals surface area contributed by atoms with Gasteiger partial charge >= 0.3 is 0 Å². The van der Waals surface area contributed by atoms with Crippen molar-refractivity contribution in [1.29, 1.82) is 5.26 Å². The van der Waals surface area contributed by atoms with Crippen molar-refractivity contribution in [3.63, 3.8) is 0 Å². The molecule has 2 N–H and O–H groups in total. The summed E-state index contributed by atoms with van der Waals surface area (Å²) in [7, 11) is 0. The van der Waals surface area contributed by atoms with Gasteiger partial charge in [-0.2, -0.15) is 5.26 Å². The molecule has 0 aromatic heterocycles. The van der Waals surface area contributed by atoms with Crippen molar-refractivity contribution in [2.24, 2.45) is 5.73 Å². The molecular weight excluding hydrogens is 147 g/mol. The predicted octanol–water partition coefficient (Wildman–Crippen LogP) is 1.16. The van der Waals surface area contributed by atoms with Gasteiger partial charge in [0, 0.05) is 0 Å². The average molecular weight is 151 g/mol. The summed E-state index contributed by atoms with van der Waals surface area (Å²) in [5, 5.41) is 8.03. The fourth-order valence-electron chi connectivity index (χ4n) is 0.130. The van der Waals surface area contributed by atoms with Crippen LogP contribution in [0.3, 0.4) is 0 Å². The standard InChI is InChI=1S/C4H4Cl2N2/c5-1-4(8)3(6)2-7/h1,8H2. The number of hydrogen-bond acceptors (Lipinski definition) is 2. The van der Waals surface area contributed by atoms with E-state index in [0.29, 0.717) is 0 Å². The van der Waals surface area contributed by atoms with Crippen molar-refractivity contribution < 1.29 is 0 Å². The predicted molar refractivity (Wildman–Crippen MR) is 33.4 cm³/mol. The smallest absolute Gasteiger partial charge is 0.138 e. The summed E-state index contributed by atoms with van der Waals surface area (Å²) in [5.74, 6) is 0.104. The highest BCUT2D eigenvalue weighted by Crippen LogP contribution is 2.03. The summed E-state index contributed by atoms with van der Waals surface area (Å²) in [6, 6.07) is 1.65. The van der Waals surface area contributed by atoms with Gasteiger partial charge in [0.1, 0.15) is 11.1 Å². The number of nitrogens with zero attached hydrogens (tertiary/aromatic N) is 1. The SMILES string of the molecule is N#CC(Cl)=C(N)CCl. The largest absolute Gasteiger partial charge is 0.399 e. The van der Waals surface area contributed by atoms with Gasteiger partial charge < -0.3 is 5.73 Å². The van der Waals surface area contributed by atoms with E-state index in [1.807, 2.05) is 0 Å². The van der Waals surface area contributed by atoms with Crippen LogP contribution in [0.5, 0.6) is 0 Å². The zero-order valence-electron chi connectivity index (χ0n) is 3.99. The van der Waals surface area contributed by atoms with E-state index in [-0.39, 0.29) is 16.6 Å². The summed E-state index contributed by atoms with van der Waals surface area (Å²) >= 11 is 10.4. The second kappa shape index (κ2) is 3.59. The molecule has 0 fully saturated rings. The van der Waals surface area contributed by atoms with Gasteiger partial charge in [-0.1, -0.05) is 11.6 Å². The van der Waals surface area contributed by atoms with Gasteiger partial charge in [-0.05, 0) is 0 Å². The highest BCUT2D eigenvalue weighted by Gasteiger charge is 1.93. The number of allylic oxidation sites excluding steroid dienone is 2. The molecule has 2 nitrogen and oxygen atoms in total. The van der Waals surface area contributed by atoms with E-state index in [1.165, 1.54) is 0 Å². The van der Waals surface area contributed by atoms with Crippen molar-refractivity contribution in [2.45, 2.75) is 0 Å². The van der Waals surface area contributed by atoms with Crippen LogP contribution >= 0.6 is 23.2 Å². The van der Waals surface area contributed by atoms with E-state index < -0.39 is 0 Å². The number of hydrogen-bond donors (Lipinski definition) is 1. The monoisotopic (exact) mass is 150 g/mol. The van der Waals surface area contributed by atoms with Crippen LogP contribution in [0.2, 0.25) is 0 Å². The molecule has 0 amide bonds. The van der Waals surface area contributed by atoms with Crippen LogP contribution in [-0.2, 0) is 0 Å². The summed E-state index contributed by atoms with van der Waals surface area (Å²) < 4.78 is 0. The lowest BCUT2D eigenvalue weighted by molar-refractivity contribution is 1.31. The van der Waals surface area contributed by atoms with Gasteiger partial charge in [-0.15, -0.1) is 11.6 Å². The zero-order chi connectivity index (χ0) is 6.57. The molecule has 0 atom stereocenters. The Morgan fingerprint density at radius 3 is 2.38 bits per heavy atom. The normalized spacial score (nSPS) is 12.1. The summed E-state index contributed by atoms with van der Waals surface area (Å²) in [5.41, 5.74) is 5.34. The van der Waals surface area contributed by atoms with Crippen molar-refractivity contribution in [1.82, 2.24) is 0 Å². The Morgan fingerprint density at radius 1 is 1.75 bits per heavy atom. The molecule has 0 saturated carbocycles. The Balaban J connectivity index is 4.10. The first kappa shape index (κ1) is 7.61. The highest BCUT2D eigenvalue weighted by molar-refractivity contribution is 6.33. The molecule has 0 aromatic carbocycles. The lowest BCUT2D eigenvalue weighted by Crippen LogP contribution is -1.99. The molecule has 0 aliphatic heterocycles. The van der Waals surface area contributed by atoms with Crippen LogP contribution < -0.4 is 5.73 Å². The first-order valence-electron chi connectivity index (χ1n) is 1.82. The van der Waals surface area contributed by atoms with E-state index in [4.69, 9.17) is 34.2 Å². The molecule has 0 bridgehead atoms. The number of halogens is 2. The van der Waals surface area contributed by atoms with Crippen LogP contribution in [0.25, 0.3) is 0 Å². The Hall–Kier alpha value is -0.390. The maximum absolute atomic E-state index is 8.06. The molecule has 0 aliphatic rings. The van der Waals surface area contributed by atoms with Crippen LogP contribution in [0.15, 0.2) is 10.7 Å². The second-order valence-electron chi connectivity index (χ2n) is 1.08. The lowest BCUT2D eigenvalue weighted by atomic mass is 10.5. The minimum atomic E-state index is -0.0278. The third-order valence-corrected chi connectivity index (χ3v) is 1.14. The van der Waals surface area contributed by atoms with Gasteiger partial charge in [-0.25, -0.2) is 0 Å². The van der Waals surface area contributed by atoms with E-state index >= 15 is 0 Å². The molecule has 4 heteroatoms. The molecule has 44 valence electrons. The maximum Gasteiger partial charge on any atom is 0.138 e. The topological polar surface area (TPSA) is 49.8 Å². The van der Waals surface area contributed by atoms with Gasteiger partial charge in [0.25, 0.3) is 0 Å². The fraction of sp³-hybridized carbons (Fsp3) is 0.250. The molecule has 0 saturated heterocycles. The Kier molecular flexibility index (Phi) is 3.42. The van der Waals surface area contributed by atoms with Gasteiger partial charge in [-0.3, -0.25) is 0 Å². The molecule has 0 radical (unpaired) electrons. The Labute approximate surface area is 57.5 Å². The van der Waals surface area contributed by atoms with Crippen LogP contribution in [-0.4, -0.2) is 5.88 Å². The van der Waals surface area contributed by atoms with E-state index in [1.54, 1.807) is 6.07 Å². The Morgan fingerprint density at radius 2 is 2.25 bits per heavy atom. The van der Waals surface area contributed by atoms with Crippen molar-refractivity contribution in [3.8, 4) is 6.07 Å². The fourth-order valence-corrected chi connectivity index (χ4v) is 0.399. The zero-order valence-corrected chi connectivity index (χ0v) is 5.50. The quantitative estimate of drug-likeness (QED) is 0.451. The molecule has 8 heavy (non-hydrogen) atoms. The van der Waals surface area contributed by atoms with Crippen molar-refractivity contribution in [2.75, 3.05) is 5.88 Å². The van der Waals surface area contributed by atoms with Crippen molar-refractivity contribution >= 4 is 23.2 Å². The molecule has 0 aliphatic carbocycles. The summed E-state index contributed by atoms with van der Waals surface area (Å²) in [6.07, 6.45) is 0. The van der Waals surface area contributed by atoms with Crippen LogP contribution in [0, 0.1) is 11.3 Å². The number of nitriles is 1. The number of rotatable bonds is 1. The van der Waals surface area contributed by atoms with Gasteiger partial charge in [0.2, 0.25) is 0 Å². The summed E-state index contributed by atoms with van der Waals surface area (Å²) in [6.45, 7) is 0. The number of alkyl halides is 1. The molecule has 0 unspecified atom stereocenters. The third kappa shape index (κ3) is 2.06. The molecular formula is C4H4Cl2N2. The van der Waals surface area contributed by atoms with Crippen LogP contribution in [0.4, 0.5) is 0 Å². The third-order valence-electron chi connectivity index (χ3n) is 0.524. The van der Waals surface area contributed by atoms with Crippen molar-refractivity contribution in [3.05, 3.63) is 10.7 Å². The van der Waals surface area contributed by atoms with E-state index in [9.17, 15) is 0 Å².